The van der Waals surface area contributed by atoms with E-state index in [-0.39, 0.29) is 5.88 Å². The number of halogens is 4. The van der Waals surface area contributed by atoms with Gasteiger partial charge in [-0.05, 0) is 47.1 Å². The number of alkyl halides is 3. The van der Waals surface area contributed by atoms with Crippen LogP contribution in [-0.4, -0.2) is 21.0 Å². The third-order valence-corrected chi connectivity index (χ3v) is 4.18. The second-order valence-electron chi connectivity index (χ2n) is 4.83. The monoisotopic (exact) mass is 433 g/mol. The molecule has 0 aliphatic carbocycles. The zero-order chi connectivity index (χ0) is 18.0. The lowest BCUT2D eigenvalue weighted by molar-refractivity contribution is -0.137. The molecule has 0 spiro atoms. The highest BCUT2D eigenvalue weighted by Crippen LogP contribution is 2.35. The van der Waals surface area contributed by atoms with Gasteiger partial charge in [0.15, 0.2) is 5.69 Å². The number of imidazole rings is 1. The van der Waals surface area contributed by atoms with Gasteiger partial charge >= 0.3 is 6.18 Å². The van der Waals surface area contributed by atoms with Crippen LogP contribution in [0.3, 0.4) is 0 Å². The minimum Gasteiger partial charge on any atom is -0.379 e. The Hall–Kier alpha value is -1.78. The second kappa shape index (κ2) is 7.22. The maximum absolute atomic E-state index is 13.0. The van der Waals surface area contributed by atoms with Gasteiger partial charge in [0, 0.05) is 16.9 Å². The first-order valence-corrected chi connectivity index (χ1v) is 8.53. The van der Waals surface area contributed by atoms with E-state index in [0.717, 1.165) is 16.7 Å². The summed E-state index contributed by atoms with van der Waals surface area (Å²) >= 11 is 3.96. The normalized spacial score (nSPS) is 11.9. The molecular formula is C15H11BrF3N3O2S. The van der Waals surface area contributed by atoms with Crippen molar-refractivity contribution >= 4 is 33.9 Å². The first-order valence-electron chi connectivity index (χ1n) is 7.07. The van der Waals surface area contributed by atoms with Gasteiger partial charge in [0.2, 0.25) is 18.2 Å². The van der Waals surface area contributed by atoms with E-state index in [4.69, 9.17) is 8.37 Å². The summed E-state index contributed by atoms with van der Waals surface area (Å²) in [5.74, 6) is 0.106. The third-order valence-electron chi connectivity index (χ3n) is 3.15. The Labute approximate surface area is 153 Å². The van der Waals surface area contributed by atoms with E-state index in [1.54, 1.807) is 25.3 Å². The fourth-order valence-corrected chi connectivity index (χ4v) is 2.66. The first-order chi connectivity index (χ1) is 11.9. The molecule has 0 amide bonds. The van der Waals surface area contributed by atoms with Crippen LogP contribution in [0, 0.1) is 0 Å². The summed E-state index contributed by atoms with van der Waals surface area (Å²) in [7, 11) is 0. The third kappa shape index (κ3) is 3.91. The highest BCUT2D eigenvalue weighted by Gasteiger charge is 2.31. The predicted octanol–water partition coefficient (Wildman–Crippen LogP) is 5.16. The Bertz CT molecular complexity index is 884. The van der Waals surface area contributed by atoms with E-state index in [0.29, 0.717) is 36.0 Å². The lowest BCUT2D eigenvalue weighted by Crippen LogP contribution is -2.06. The number of fused-ring (bicyclic) bond motifs is 1. The number of hydrogen-bond acceptors (Lipinski definition) is 5. The van der Waals surface area contributed by atoms with Gasteiger partial charge in [-0.3, -0.25) is 13.6 Å². The van der Waals surface area contributed by atoms with Crippen molar-refractivity contribution < 1.29 is 21.5 Å². The first kappa shape index (κ1) is 18.0. The van der Waals surface area contributed by atoms with Crippen molar-refractivity contribution in [3.05, 3.63) is 46.7 Å². The fraction of sp³-hybridized carbons (Fsp3) is 0.200. The Kier molecular flexibility index (Phi) is 5.21. The molecule has 0 atom stereocenters. The minimum absolute atomic E-state index is 0.106. The van der Waals surface area contributed by atoms with Gasteiger partial charge in [0.25, 0.3) is 0 Å². The SMILES string of the molecule is CCOSOc1c(-c2ccc(Br)cn2)nc2ccc(C(F)(F)F)cn12. The van der Waals surface area contributed by atoms with Crippen LogP contribution in [0.5, 0.6) is 5.88 Å². The van der Waals surface area contributed by atoms with E-state index in [1.165, 1.54) is 10.5 Å². The molecule has 3 rings (SSSR count). The topological polar surface area (TPSA) is 48.7 Å². The average molecular weight is 434 g/mol. The Morgan fingerprint density at radius 1 is 1.24 bits per heavy atom. The Morgan fingerprint density at radius 3 is 2.68 bits per heavy atom. The number of hydrogen-bond donors (Lipinski definition) is 0. The largest absolute Gasteiger partial charge is 0.417 e. The van der Waals surface area contributed by atoms with Gasteiger partial charge in [-0.1, -0.05) is 0 Å². The van der Waals surface area contributed by atoms with E-state index in [1.807, 2.05) is 0 Å². The molecule has 0 N–H and O–H groups in total. The molecule has 3 aromatic heterocycles. The van der Waals surface area contributed by atoms with E-state index >= 15 is 0 Å². The summed E-state index contributed by atoms with van der Waals surface area (Å²) in [6.45, 7) is 2.14. The molecule has 0 fully saturated rings. The van der Waals surface area contributed by atoms with Crippen molar-refractivity contribution in [1.82, 2.24) is 14.4 Å². The molecule has 10 heteroatoms. The van der Waals surface area contributed by atoms with Gasteiger partial charge in [-0.15, -0.1) is 0 Å². The lowest BCUT2D eigenvalue weighted by Gasteiger charge is -2.08. The average Bonchev–Trinajstić information content (AvgIpc) is 2.93. The molecule has 3 heterocycles. The van der Waals surface area contributed by atoms with Gasteiger partial charge in [-0.25, -0.2) is 4.98 Å². The van der Waals surface area contributed by atoms with Gasteiger partial charge in [0.1, 0.15) is 5.65 Å². The van der Waals surface area contributed by atoms with Crippen LogP contribution in [0.2, 0.25) is 0 Å². The summed E-state index contributed by atoms with van der Waals surface area (Å²) in [5.41, 5.74) is 0.283. The maximum atomic E-state index is 13.0. The smallest absolute Gasteiger partial charge is 0.379 e. The van der Waals surface area contributed by atoms with E-state index < -0.39 is 11.7 Å². The fourth-order valence-electron chi connectivity index (χ4n) is 2.06. The number of aromatic nitrogens is 3. The van der Waals surface area contributed by atoms with Gasteiger partial charge in [-0.2, -0.15) is 13.2 Å². The van der Waals surface area contributed by atoms with Crippen molar-refractivity contribution in [3.63, 3.8) is 0 Å². The van der Waals surface area contributed by atoms with Crippen molar-refractivity contribution in [1.29, 1.82) is 0 Å². The number of pyridine rings is 2. The van der Waals surface area contributed by atoms with Gasteiger partial charge < -0.3 is 4.18 Å². The minimum atomic E-state index is -4.47. The molecule has 0 aliphatic rings. The van der Waals surface area contributed by atoms with Crippen LogP contribution in [0.25, 0.3) is 17.0 Å². The molecular weight excluding hydrogens is 423 g/mol. The highest BCUT2D eigenvalue weighted by atomic mass is 79.9. The molecule has 3 aromatic rings. The van der Waals surface area contributed by atoms with Crippen LogP contribution >= 0.6 is 28.3 Å². The van der Waals surface area contributed by atoms with Crippen LogP contribution in [0.4, 0.5) is 13.2 Å². The number of nitrogens with zero attached hydrogens (tertiary/aromatic N) is 3. The molecule has 25 heavy (non-hydrogen) atoms. The van der Waals surface area contributed by atoms with Crippen LogP contribution in [0.15, 0.2) is 41.1 Å². The molecule has 132 valence electrons. The molecule has 0 aliphatic heterocycles. The summed E-state index contributed by atoms with van der Waals surface area (Å²) < 4.78 is 51.5. The predicted molar refractivity (Wildman–Crippen MR) is 91.0 cm³/mol. The van der Waals surface area contributed by atoms with Crippen LogP contribution in [0.1, 0.15) is 12.5 Å². The second-order valence-corrected chi connectivity index (χ2v) is 6.28. The molecule has 0 saturated heterocycles. The number of rotatable bonds is 5. The van der Waals surface area contributed by atoms with Crippen molar-refractivity contribution in [2.24, 2.45) is 0 Å². The molecule has 0 saturated carbocycles. The van der Waals surface area contributed by atoms with Crippen molar-refractivity contribution in [2.75, 3.05) is 6.61 Å². The zero-order valence-electron chi connectivity index (χ0n) is 12.7. The van der Waals surface area contributed by atoms with Crippen molar-refractivity contribution in [3.8, 4) is 17.3 Å². The standard InChI is InChI=1S/C15H11BrF3N3O2S/c1-2-23-25-24-14-13(11-5-4-10(16)7-20-11)21-12-6-3-9(8-22(12)14)15(17,18)19/h3-8H,2H2,1H3. The van der Waals surface area contributed by atoms with E-state index in [2.05, 4.69) is 25.9 Å². The maximum Gasteiger partial charge on any atom is 0.417 e. The Balaban J connectivity index is 2.14. The molecule has 0 unspecified atom stereocenters. The lowest BCUT2D eigenvalue weighted by atomic mass is 10.3. The molecule has 0 aromatic carbocycles. The zero-order valence-corrected chi connectivity index (χ0v) is 15.2. The molecule has 5 nitrogen and oxygen atoms in total. The van der Waals surface area contributed by atoms with Crippen LogP contribution < -0.4 is 4.18 Å². The van der Waals surface area contributed by atoms with E-state index in [9.17, 15) is 13.2 Å². The molecule has 0 radical (unpaired) electrons. The van der Waals surface area contributed by atoms with Crippen molar-refractivity contribution in [2.45, 2.75) is 13.1 Å². The summed E-state index contributed by atoms with van der Waals surface area (Å²) in [4.78, 5) is 8.57. The summed E-state index contributed by atoms with van der Waals surface area (Å²) in [6.07, 6.45) is -1.97. The summed E-state index contributed by atoms with van der Waals surface area (Å²) in [5, 5.41) is 0. The molecule has 0 bridgehead atoms. The highest BCUT2D eigenvalue weighted by molar-refractivity contribution is 9.10. The Morgan fingerprint density at radius 2 is 2.04 bits per heavy atom. The van der Waals surface area contributed by atoms with Crippen LogP contribution in [-0.2, 0) is 10.4 Å². The van der Waals surface area contributed by atoms with Gasteiger partial charge in [0.05, 0.1) is 17.9 Å². The summed E-state index contributed by atoms with van der Waals surface area (Å²) in [6, 6.07) is 5.70. The quantitative estimate of drug-likeness (QED) is 0.411.